The van der Waals surface area contributed by atoms with E-state index in [1.165, 1.54) is 33.0 Å². The van der Waals surface area contributed by atoms with Crippen LogP contribution in [0.25, 0.3) is 89.1 Å². The molecule has 9 aromatic rings. The van der Waals surface area contributed by atoms with Crippen LogP contribution in [0.3, 0.4) is 0 Å². The molecule has 1 heterocycles. The average Bonchev–Trinajstić information content (AvgIpc) is 3.21. The molecule has 9 rings (SSSR count). The highest BCUT2D eigenvalue weighted by Crippen LogP contribution is 2.40. The van der Waals surface area contributed by atoms with Crippen LogP contribution in [0.4, 0.5) is 0 Å². The fraction of sp³-hybridized carbons (Fsp3) is 0. The van der Waals surface area contributed by atoms with E-state index < -0.39 is 0 Å². The lowest BCUT2D eigenvalue weighted by atomic mass is 9.88. The Bertz CT molecular complexity index is 2640. The Hall–Kier alpha value is -6.71. The summed E-state index contributed by atoms with van der Waals surface area (Å²) in [7, 11) is 0. The second-order valence-corrected chi connectivity index (χ2v) is 12.4. The zero-order valence-corrected chi connectivity index (χ0v) is 27.2. The minimum atomic E-state index is 0.635. The highest BCUT2D eigenvalue weighted by Gasteiger charge is 2.17. The fourth-order valence-electron chi connectivity index (χ4n) is 6.88. The predicted molar refractivity (Wildman–Crippen MR) is 207 cm³/mol. The molecule has 0 aliphatic carbocycles. The maximum Gasteiger partial charge on any atom is 0.164 e. The van der Waals surface area contributed by atoms with Gasteiger partial charge in [0.15, 0.2) is 17.5 Å². The first kappa shape index (κ1) is 29.4. The lowest BCUT2D eigenvalue weighted by Gasteiger charge is -2.16. The monoisotopic (exact) mass is 637 g/mol. The maximum atomic E-state index is 5.14. The lowest BCUT2D eigenvalue weighted by Crippen LogP contribution is -2.00. The summed E-state index contributed by atoms with van der Waals surface area (Å²) in [4.78, 5) is 15.2. The van der Waals surface area contributed by atoms with E-state index in [2.05, 4.69) is 158 Å². The highest BCUT2D eigenvalue weighted by molar-refractivity contribution is 6.01. The largest absolute Gasteiger partial charge is 0.208 e. The van der Waals surface area contributed by atoms with Crippen LogP contribution in [0.1, 0.15) is 0 Å². The summed E-state index contributed by atoms with van der Waals surface area (Å²) in [6, 6.07) is 66.0. The van der Waals surface area contributed by atoms with Crippen molar-refractivity contribution in [1.82, 2.24) is 15.0 Å². The van der Waals surface area contributed by atoms with E-state index in [0.29, 0.717) is 17.5 Å². The van der Waals surface area contributed by atoms with Crippen LogP contribution in [-0.2, 0) is 0 Å². The first-order valence-corrected chi connectivity index (χ1v) is 16.9. The van der Waals surface area contributed by atoms with Crippen LogP contribution in [0.5, 0.6) is 0 Å². The second-order valence-electron chi connectivity index (χ2n) is 12.4. The number of hydrogen-bond acceptors (Lipinski definition) is 3. The van der Waals surface area contributed by atoms with Gasteiger partial charge in [0.25, 0.3) is 0 Å². The van der Waals surface area contributed by atoms with Gasteiger partial charge >= 0.3 is 0 Å². The Kier molecular flexibility index (Phi) is 7.49. The molecule has 0 radical (unpaired) electrons. The van der Waals surface area contributed by atoms with Crippen molar-refractivity contribution in [2.75, 3.05) is 0 Å². The van der Waals surface area contributed by atoms with Crippen molar-refractivity contribution < 1.29 is 0 Å². The third-order valence-electron chi connectivity index (χ3n) is 9.34. The molecule has 1 aromatic heterocycles. The predicted octanol–water partition coefficient (Wildman–Crippen LogP) is 12.2. The van der Waals surface area contributed by atoms with Crippen molar-refractivity contribution in [2.24, 2.45) is 0 Å². The Morgan fingerprint density at radius 2 is 0.740 bits per heavy atom. The summed E-state index contributed by atoms with van der Waals surface area (Å²) >= 11 is 0. The molecule has 0 N–H and O–H groups in total. The zero-order valence-electron chi connectivity index (χ0n) is 27.2. The fourth-order valence-corrected chi connectivity index (χ4v) is 6.88. The van der Waals surface area contributed by atoms with E-state index in [9.17, 15) is 0 Å². The Morgan fingerprint density at radius 3 is 1.46 bits per heavy atom. The van der Waals surface area contributed by atoms with Crippen LogP contribution in [-0.4, -0.2) is 15.0 Å². The molecule has 0 aliphatic heterocycles. The molecule has 0 amide bonds. The normalized spacial score (nSPS) is 11.2. The summed E-state index contributed by atoms with van der Waals surface area (Å²) < 4.78 is 0. The first-order chi connectivity index (χ1) is 24.8. The van der Waals surface area contributed by atoms with Crippen LogP contribution >= 0.6 is 0 Å². The summed E-state index contributed by atoms with van der Waals surface area (Å²) in [6.07, 6.45) is 0. The van der Waals surface area contributed by atoms with Gasteiger partial charge in [0.2, 0.25) is 0 Å². The van der Waals surface area contributed by atoms with Crippen LogP contribution in [0.15, 0.2) is 188 Å². The van der Waals surface area contributed by atoms with Crippen LogP contribution in [0, 0.1) is 0 Å². The summed E-state index contributed by atoms with van der Waals surface area (Å²) in [5.41, 5.74) is 9.85. The Labute approximate surface area is 291 Å². The molecule has 0 fully saturated rings. The van der Waals surface area contributed by atoms with Gasteiger partial charge in [0.05, 0.1) is 0 Å². The van der Waals surface area contributed by atoms with Gasteiger partial charge in [-0.15, -0.1) is 0 Å². The van der Waals surface area contributed by atoms with Gasteiger partial charge in [-0.2, -0.15) is 0 Å². The molecule has 0 aliphatic rings. The maximum absolute atomic E-state index is 5.14. The molecule has 50 heavy (non-hydrogen) atoms. The lowest BCUT2D eigenvalue weighted by molar-refractivity contribution is 1.08. The molecule has 0 saturated heterocycles. The van der Waals surface area contributed by atoms with Crippen LogP contribution in [0.2, 0.25) is 0 Å². The minimum Gasteiger partial charge on any atom is -0.208 e. The third kappa shape index (κ3) is 5.51. The molecule has 0 atom stereocenters. The van der Waals surface area contributed by atoms with Gasteiger partial charge in [0, 0.05) is 16.7 Å². The van der Waals surface area contributed by atoms with Gasteiger partial charge < -0.3 is 0 Å². The molecule has 0 saturated carbocycles. The first-order valence-electron chi connectivity index (χ1n) is 16.9. The number of rotatable bonds is 6. The molecule has 8 aromatic carbocycles. The second kappa shape index (κ2) is 12.7. The third-order valence-corrected chi connectivity index (χ3v) is 9.34. The average molecular weight is 638 g/mol. The van der Waals surface area contributed by atoms with Crippen molar-refractivity contribution in [1.29, 1.82) is 0 Å². The minimum absolute atomic E-state index is 0.635. The van der Waals surface area contributed by atoms with E-state index in [1.54, 1.807) is 0 Å². The summed E-state index contributed by atoms with van der Waals surface area (Å²) in [6.45, 7) is 0. The van der Waals surface area contributed by atoms with Crippen molar-refractivity contribution in [2.45, 2.75) is 0 Å². The molecular formula is C47H31N3. The van der Waals surface area contributed by atoms with Crippen molar-refractivity contribution in [3.63, 3.8) is 0 Å². The number of benzene rings is 8. The number of aromatic nitrogens is 3. The van der Waals surface area contributed by atoms with Crippen molar-refractivity contribution in [3.8, 4) is 67.5 Å². The Balaban J connectivity index is 1.23. The zero-order chi connectivity index (χ0) is 33.3. The Morgan fingerprint density at radius 1 is 0.240 bits per heavy atom. The number of hydrogen-bond donors (Lipinski definition) is 0. The molecule has 0 bridgehead atoms. The smallest absolute Gasteiger partial charge is 0.164 e. The topological polar surface area (TPSA) is 38.7 Å². The molecule has 0 unspecified atom stereocenters. The number of fused-ring (bicyclic) bond motifs is 2. The van der Waals surface area contributed by atoms with Gasteiger partial charge in [-0.25, -0.2) is 15.0 Å². The van der Waals surface area contributed by atoms with Gasteiger partial charge in [0.1, 0.15) is 0 Å². The number of nitrogens with zero attached hydrogens (tertiary/aromatic N) is 3. The molecule has 234 valence electrons. The molecular weight excluding hydrogens is 607 g/mol. The summed E-state index contributed by atoms with van der Waals surface area (Å²) in [5.74, 6) is 1.93. The van der Waals surface area contributed by atoms with Gasteiger partial charge in [-0.1, -0.05) is 176 Å². The van der Waals surface area contributed by atoms with Crippen LogP contribution < -0.4 is 0 Å². The van der Waals surface area contributed by atoms with Gasteiger partial charge in [-0.3, -0.25) is 0 Å². The van der Waals surface area contributed by atoms with E-state index in [0.717, 1.165) is 38.6 Å². The van der Waals surface area contributed by atoms with E-state index >= 15 is 0 Å². The van der Waals surface area contributed by atoms with E-state index in [4.69, 9.17) is 15.0 Å². The highest BCUT2D eigenvalue weighted by atomic mass is 15.0. The quantitative estimate of drug-likeness (QED) is 0.182. The molecule has 3 nitrogen and oxygen atoms in total. The molecule has 3 heteroatoms. The van der Waals surface area contributed by atoms with Gasteiger partial charge in [-0.05, 0) is 67.1 Å². The SMILES string of the molecule is c1ccc(-c2ccc(-c3cccc(-c4nc(-c5ccccc5)nc(-c5cccc6ccccc56)n4)c3)c(-c3cccc4ccccc34)c2)cc1. The van der Waals surface area contributed by atoms with E-state index in [1.807, 2.05) is 30.3 Å². The molecule has 0 spiro atoms. The standard InChI is InChI=1S/C47H31N3/c1-3-14-32(15-4-1)36-28-29-41(44(31-36)42-26-12-20-33-16-7-9-24-39(33)42)37-22-11-23-38(30-37)46-48-45(35-18-5-2-6-19-35)49-47(50-46)43-27-13-21-34-17-8-10-25-40(34)43/h1-31H. The van der Waals surface area contributed by atoms with Crippen molar-refractivity contribution >= 4 is 21.5 Å². The summed E-state index contributed by atoms with van der Waals surface area (Å²) in [5, 5.41) is 4.70. The van der Waals surface area contributed by atoms with Crippen molar-refractivity contribution in [3.05, 3.63) is 188 Å². The van der Waals surface area contributed by atoms with E-state index in [-0.39, 0.29) is 0 Å².